The molecule has 1 aromatic rings. The van der Waals surface area contributed by atoms with E-state index in [1.807, 2.05) is 13.8 Å². The van der Waals surface area contributed by atoms with Crippen molar-refractivity contribution in [3.8, 4) is 0 Å². The molecule has 0 aliphatic rings. The predicted octanol–water partition coefficient (Wildman–Crippen LogP) is 1.39. The molecule has 1 rings (SSSR count). The Balaban J connectivity index is 2.61. The van der Waals surface area contributed by atoms with Gasteiger partial charge in [0.1, 0.15) is 5.82 Å². The van der Waals surface area contributed by atoms with Crippen LogP contribution in [-0.4, -0.2) is 24.4 Å². The molecule has 0 bridgehead atoms. The van der Waals surface area contributed by atoms with Gasteiger partial charge in [-0.2, -0.15) is 0 Å². The molecule has 4 nitrogen and oxygen atoms in total. The summed E-state index contributed by atoms with van der Waals surface area (Å²) < 4.78 is 13.6. The Morgan fingerprint density at radius 1 is 1.33 bits per heavy atom. The molecule has 0 spiro atoms. The molecule has 5 heteroatoms. The summed E-state index contributed by atoms with van der Waals surface area (Å²) in [5.74, 6) is -1.44. The van der Waals surface area contributed by atoms with Crippen LogP contribution >= 0.6 is 0 Å². The van der Waals surface area contributed by atoms with Crippen molar-refractivity contribution in [1.82, 2.24) is 10.6 Å². The predicted molar refractivity (Wildman–Crippen MR) is 66.7 cm³/mol. The van der Waals surface area contributed by atoms with Crippen molar-refractivity contribution < 1.29 is 14.0 Å². The zero-order valence-corrected chi connectivity index (χ0v) is 10.7. The van der Waals surface area contributed by atoms with Gasteiger partial charge in [0.05, 0.1) is 12.1 Å². The molecule has 2 N–H and O–H groups in total. The zero-order valence-electron chi connectivity index (χ0n) is 10.7. The average molecular weight is 252 g/mol. The third-order valence-corrected chi connectivity index (χ3v) is 2.30. The van der Waals surface area contributed by atoms with Gasteiger partial charge in [-0.25, -0.2) is 4.39 Å². The second-order valence-corrected chi connectivity index (χ2v) is 4.34. The molecule has 0 saturated heterocycles. The Hall–Kier alpha value is -1.91. The third kappa shape index (κ3) is 3.84. The maximum absolute atomic E-state index is 13.6. The van der Waals surface area contributed by atoms with Gasteiger partial charge >= 0.3 is 0 Å². The quantitative estimate of drug-likeness (QED) is 0.850. The zero-order chi connectivity index (χ0) is 13.7. The van der Waals surface area contributed by atoms with Gasteiger partial charge in [0.2, 0.25) is 5.91 Å². The number of hydrogen-bond donors (Lipinski definition) is 2. The highest BCUT2D eigenvalue weighted by molar-refractivity contribution is 5.96. The van der Waals surface area contributed by atoms with Crippen LogP contribution in [0.1, 0.15) is 29.8 Å². The number of amides is 2. The fraction of sp³-hybridized carbons (Fsp3) is 0.385. The number of nitrogens with one attached hydrogen (secondary N) is 2. The minimum Gasteiger partial charge on any atom is -0.352 e. The van der Waals surface area contributed by atoms with E-state index in [4.69, 9.17) is 0 Å². The van der Waals surface area contributed by atoms with Crippen molar-refractivity contribution in [2.45, 2.75) is 26.8 Å². The van der Waals surface area contributed by atoms with E-state index in [0.717, 1.165) is 0 Å². The van der Waals surface area contributed by atoms with E-state index in [-0.39, 0.29) is 24.1 Å². The monoisotopic (exact) mass is 252 g/mol. The number of hydrogen-bond acceptors (Lipinski definition) is 2. The molecule has 98 valence electrons. The van der Waals surface area contributed by atoms with Crippen molar-refractivity contribution in [2.75, 3.05) is 6.54 Å². The van der Waals surface area contributed by atoms with Crippen LogP contribution in [0, 0.1) is 12.7 Å². The number of benzene rings is 1. The van der Waals surface area contributed by atoms with E-state index in [2.05, 4.69) is 10.6 Å². The van der Waals surface area contributed by atoms with Crippen LogP contribution in [0.3, 0.4) is 0 Å². The summed E-state index contributed by atoms with van der Waals surface area (Å²) in [7, 11) is 0. The lowest BCUT2D eigenvalue weighted by atomic mass is 10.1. The fourth-order valence-electron chi connectivity index (χ4n) is 1.45. The smallest absolute Gasteiger partial charge is 0.254 e. The molecule has 0 aliphatic heterocycles. The van der Waals surface area contributed by atoms with E-state index in [9.17, 15) is 14.0 Å². The third-order valence-electron chi connectivity index (χ3n) is 2.30. The Kier molecular flexibility index (Phi) is 4.83. The second-order valence-electron chi connectivity index (χ2n) is 4.34. The van der Waals surface area contributed by atoms with Gasteiger partial charge in [0.15, 0.2) is 0 Å². The van der Waals surface area contributed by atoms with E-state index in [1.165, 1.54) is 6.07 Å². The number of rotatable bonds is 4. The lowest BCUT2D eigenvalue weighted by Crippen LogP contribution is -2.40. The van der Waals surface area contributed by atoms with E-state index >= 15 is 0 Å². The molecule has 0 unspecified atom stereocenters. The molecule has 0 heterocycles. The Bertz CT molecular complexity index is 458. The van der Waals surface area contributed by atoms with E-state index in [1.54, 1.807) is 19.1 Å². The van der Waals surface area contributed by atoms with Crippen molar-refractivity contribution in [2.24, 2.45) is 0 Å². The summed E-state index contributed by atoms with van der Waals surface area (Å²) in [5.41, 5.74) is 0.349. The lowest BCUT2D eigenvalue weighted by molar-refractivity contribution is -0.120. The van der Waals surface area contributed by atoms with Crippen LogP contribution in [0.25, 0.3) is 0 Å². The van der Waals surface area contributed by atoms with Gasteiger partial charge in [0.25, 0.3) is 5.91 Å². The molecule has 0 aliphatic carbocycles. The normalized spacial score (nSPS) is 10.3. The highest BCUT2D eigenvalue weighted by Crippen LogP contribution is 2.11. The number of carbonyl (C=O) groups excluding carboxylic acids is 2. The Morgan fingerprint density at radius 2 is 2.00 bits per heavy atom. The molecule has 1 aromatic carbocycles. The van der Waals surface area contributed by atoms with Crippen LogP contribution in [0.5, 0.6) is 0 Å². The van der Waals surface area contributed by atoms with Crippen LogP contribution in [-0.2, 0) is 4.79 Å². The molecule has 0 fully saturated rings. The van der Waals surface area contributed by atoms with Gasteiger partial charge in [-0.1, -0.05) is 12.1 Å². The minimum atomic E-state index is -0.588. The van der Waals surface area contributed by atoms with Crippen LogP contribution in [0.15, 0.2) is 18.2 Å². The van der Waals surface area contributed by atoms with Gasteiger partial charge in [-0.3, -0.25) is 9.59 Å². The summed E-state index contributed by atoms with van der Waals surface area (Å²) in [4.78, 5) is 23.0. The maximum atomic E-state index is 13.6. The van der Waals surface area contributed by atoms with Crippen LogP contribution in [0.2, 0.25) is 0 Å². The summed E-state index contributed by atoms with van der Waals surface area (Å²) in [6.07, 6.45) is 0. The summed E-state index contributed by atoms with van der Waals surface area (Å²) in [6, 6.07) is 4.57. The molecule has 18 heavy (non-hydrogen) atoms. The lowest BCUT2D eigenvalue weighted by Gasteiger charge is -2.10. The molecule has 0 atom stereocenters. The maximum Gasteiger partial charge on any atom is 0.254 e. The van der Waals surface area contributed by atoms with Gasteiger partial charge in [-0.15, -0.1) is 0 Å². The largest absolute Gasteiger partial charge is 0.352 e. The SMILES string of the molecule is Cc1cccc(C(=O)NCC(=O)NC(C)C)c1F. The summed E-state index contributed by atoms with van der Waals surface area (Å²) in [5, 5.41) is 5.01. The van der Waals surface area contributed by atoms with Gasteiger partial charge < -0.3 is 10.6 Å². The van der Waals surface area contributed by atoms with E-state index < -0.39 is 11.7 Å². The van der Waals surface area contributed by atoms with Crippen molar-refractivity contribution in [1.29, 1.82) is 0 Å². The molecule has 2 amide bonds. The molecule has 0 aromatic heterocycles. The molecular formula is C13H17FN2O2. The second kappa shape index (κ2) is 6.14. The first-order chi connectivity index (χ1) is 8.41. The van der Waals surface area contributed by atoms with Crippen LogP contribution in [0.4, 0.5) is 4.39 Å². The first kappa shape index (κ1) is 14.2. The topological polar surface area (TPSA) is 58.2 Å². The summed E-state index contributed by atoms with van der Waals surface area (Å²) in [6.45, 7) is 5.06. The highest BCUT2D eigenvalue weighted by atomic mass is 19.1. The number of halogens is 1. The highest BCUT2D eigenvalue weighted by Gasteiger charge is 2.13. The Labute approximate surface area is 106 Å². The molecular weight excluding hydrogens is 235 g/mol. The Morgan fingerprint density at radius 3 is 2.61 bits per heavy atom. The first-order valence-electron chi connectivity index (χ1n) is 5.74. The number of carbonyl (C=O) groups is 2. The summed E-state index contributed by atoms with van der Waals surface area (Å²) >= 11 is 0. The molecule has 0 saturated carbocycles. The number of aryl methyl sites for hydroxylation is 1. The standard InChI is InChI=1S/C13H17FN2O2/c1-8(2)16-11(17)7-15-13(18)10-6-4-5-9(3)12(10)14/h4-6,8H,7H2,1-3H3,(H,15,18)(H,16,17). The average Bonchev–Trinajstić information content (AvgIpc) is 2.29. The molecule has 0 radical (unpaired) electrons. The minimum absolute atomic E-state index is 0.00473. The van der Waals surface area contributed by atoms with Gasteiger partial charge in [0, 0.05) is 6.04 Å². The van der Waals surface area contributed by atoms with Crippen molar-refractivity contribution in [3.63, 3.8) is 0 Å². The van der Waals surface area contributed by atoms with Gasteiger partial charge in [-0.05, 0) is 32.4 Å². The fourth-order valence-corrected chi connectivity index (χ4v) is 1.45. The van der Waals surface area contributed by atoms with Crippen LogP contribution < -0.4 is 10.6 Å². The van der Waals surface area contributed by atoms with Crippen molar-refractivity contribution in [3.05, 3.63) is 35.1 Å². The van der Waals surface area contributed by atoms with Crippen molar-refractivity contribution >= 4 is 11.8 Å². The first-order valence-corrected chi connectivity index (χ1v) is 5.74. The van der Waals surface area contributed by atoms with E-state index in [0.29, 0.717) is 5.56 Å².